The molecular formula is C13H17N3. The maximum atomic E-state index is 4.49. The first-order valence-electron chi connectivity index (χ1n) is 5.69. The molecule has 0 saturated heterocycles. The van der Waals surface area contributed by atoms with Crippen molar-refractivity contribution in [2.45, 2.75) is 27.2 Å². The van der Waals surface area contributed by atoms with Crippen LogP contribution in [0.1, 0.15) is 24.6 Å². The number of benzene rings is 1. The van der Waals surface area contributed by atoms with E-state index in [4.69, 9.17) is 0 Å². The molecule has 2 rings (SSSR count). The number of rotatable bonds is 3. The highest BCUT2D eigenvalue weighted by Gasteiger charge is 2.03. The van der Waals surface area contributed by atoms with Gasteiger partial charge in [0.2, 0.25) is 5.95 Å². The predicted molar refractivity (Wildman–Crippen MR) is 67.8 cm³/mol. The van der Waals surface area contributed by atoms with Crippen LogP contribution in [-0.4, -0.2) is 16.5 Å². The van der Waals surface area contributed by atoms with E-state index >= 15 is 0 Å². The third kappa shape index (κ3) is 2.13. The summed E-state index contributed by atoms with van der Waals surface area (Å²) in [5.74, 6) is 0.732. The second kappa shape index (κ2) is 4.47. The first kappa shape index (κ1) is 10.9. The maximum Gasteiger partial charge on any atom is 0.223 e. The molecule has 0 unspecified atom stereocenters. The Labute approximate surface area is 95.9 Å². The molecule has 0 bridgehead atoms. The van der Waals surface area contributed by atoms with Gasteiger partial charge in [0.25, 0.3) is 0 Å². The van der Waals surface area contributed by atoms with Crippen LogP contribution in [0.2, 0.25) is 0 Å². The molecule has 0 radical (unpaired) electrons. The van der Waals surface area contributed by atoms with Gasteiger partial charge in [0.15, 0.2) is 0 Å². The molecule has 1 heterocycles. The predicted octanol–water partition coefficient (Wildman–Crippen LogP) is 3.07. The largest absolute Gasteiger partial charge is 0.354 e. The third-order valence-corrected chi connectivity index (χ3v) is 2.57. The summed E-state index contributed by atoms with van der Waals surface area (Å²) >= 11 is 0. The van der Waals surface area contributed by atoms with Gasteiger partial charge in [-0.25, -0.2) is 9.97 Å². The van der Waals surface area contributed by atoms with E-state index in [-0.39, 0.29) is 0 Å². The van der Waals surface area contributed by atoms with E-state index in [9.17, 15) is 0 Å². The van der Waals surface area contributed by atoms with Crippen LogP contribution in [0.25, 0.3) is 10.9 Å². The van der Waals surface area contributed by atoms with Gasteiger partial charge in [0, 0.05) is 11.9 Å². The molecule has 0 fully saturated rings. The van der Waals surface area contributed by atoms with E-state index in [0.29, 0.717) is 0 Å². The van der Waals surface area contributed by atoms with Crippen LogP contribution in [0.4, 0.5) is 5.95 Å². The molecule has 3 nitrogen and oxygen atoms in total. The molecule has 16 heavy (non-hydrogen) atoms. The smallest absolute Gasteiger partial charge is 0.223 e. The zero-order valence-electron chi connectivity index (χ0n) is 10.0. The molecule has 1 aromatic carbocycles. The topological polar surface area (TPSA) is 37.8 Å². The summed E-state index contributed by atoms with van der Waals surface area (Å²) in [5, 5.41) is 4.36. The van der Waals surface area contributed by atoms with Gasteiger partial charge in [-0.3, -0.25) is 0 Å². The molecule has 1 aromatic heterocycles. The highest BCUT2D eigenvalue weighted by atomic mass is 15.1. The van der Waals surface area contributed by atoms with E-state index < -0.39 is 0 Å². The molecule has 0 amide bonds. The molecule has 0 aliphatic carbocycles. The minimum atomic E-state index is 0.732. The summed E-state index contributed by atoms with van der Waals surface area (Å²) in [6.45, 7) is 7.16. The minimum absolute atomic E-state index is 0.732. The van der Waals surface area contributed by atoms with E-state index in [0.717, 1.165) is 35.5 Å². The Balaban J connectivity index is 2.46. The Hall–Kier alpha value is -1.64. The standard InChI is InChI=1S/C13H17N3/c1-4-7-14-13-15-10(3)11-8-9(2)5-6-12(11)16-13/h5-6,8H,4,7H2,1-3H3,(H,14,15,16). The van der Waals surface area contributed by atoms with E-state index in [1.54, 1.807) is 0 Å². The lowest BCUT2D eigenvalue weighted by Crippen LogP contribution is -2.05. The SMILES string of the molecule is CCCNc1nc(C)c2cc(C)ccc2n1. The molecule has 3 heteroatoms. The highest BCUT2D eigenvalue weighted by molar-refractivity contribution is 5.82. The fourth-order valence-electron chi connectivity index (χ4n) is 1.71. The van der Waals surface area contributed by atoms with Crippen LogP contribution in [0.3, 0.4) is 0 Å². The van der Waals surface area contributed by atoms with Gasteiger partial charge < -0.3 is 5.32 Å². The zero-order chi connectivity index (χ0) is 11.5. The van der Waals surface area contributed by atoms with Crippen molar-refractivity contribution in [1.29, 1.82) is 0 Å². The van der Waals surface area contributed by atoms with Crippen molar-refractivity contribution in [3.05, 3.63) is 29.5 Å². The fourth-order valence-corrected chi connectivity index (χ4v) is 1.71. The number of hydrogen-bond donors (Lipinski definition) is 1. The molecule has 0 aliphatic heterocycles. The Morgan fingerprint density at radius 3 is 2.75 bits per heavy atom. The van der Waals surface area contributed by atoms with E-state index in [1.807, 2.05) is 6.92 Å². The first-order valence-corrected chi connectivity index (χ1v) is 5.69. The fraction of sp³-hybridized carbons (Fsp3) is 0.385. The van der Waals surface area contributed by atoms with Gasteiger partial charge in [-0.15, -0.1) is 0 Å². The van der Waals surface area contributed by atoms with Gasteiger partial charge in [-0.2, -0.15) is 0 Å². The average Bonchev–Trinajstić information content (AvgIpc) is 2.27. The van der Waals surface area contributed by atoms with Crippen molar-refractivity contribution in [1.82, 2.24) is 9.97 Å². The van der Waals surface area contributed by atoms with Gasteiger partial charge >= 0.3 is 0 Å². The van der Waals surface area contributed by atoms with Gasteiger partial charge in [-0.05, 0) is 32.4 Å². The van der Waals surface area contributed by atoms with Crippen LogP contribution in [0.15, 0.2) is 18.2 Å². The number of aryl methyl sites for hydroxylation is 2. The maximum absolute atomic E-state index is 4.49. The zero-order valence-corrected chi connectivity index (χ0v) is 10.0. The van der Waals surface area contributed by atoms with Crippen molar-refractivity contribution >= 4 is 16.9 Å². The normalized spacial score (nSPS) is 10.7. The molecule has 1 N–H and O–H groups in total. The minimum Gasteiger partial charge on any atom is -0.354 e. The number of hydrogen-bond acceptors (Lipinski definition) is 3. The molecular weight excluding hydrogens is 198 g/mol. The van der Waals surface area contributed by atoms with E-state index in [2.05, 4.69) is 47.3 Å². The lowest BCUT2D eigenvalue weighted by Gasteiger charge is -2.07. The Morgan fingerprint density at radius 1 is 1.19 bits per heavy atom. The van der Waals surface area contributed by atoms with Crippen molar-refractivity contribution in [2.24, 2.45) is 0 Å². The second-order valence-corrected chi connectivity index (χ2v) is 4.08. The summed E-state index contributed by atoms with van der Waals surface area (Å²) in [5.41, 5.74) is 3.29. The summed E-state index contributed by atoms with van der Waals surface area (Å²) in [6.07, 6.45) is 1.08. The molecule has 84 valence electrons. The monoisotopic (exact) mass is 215 g/mol. The van der Waals surface area contributed by atoms with Crippen molar-refractivity contribution < 1.29 is 0 Å². The Kier molecular flexibility index (Phi) is 3.04. The first-order chi connectivity index (χ1) is 7.70. The number of nitrogens with zero attached hydrogens (tertiary/aromatic N) is 2. The molecule has 0 spiro atoms. The lowest BCUT2D eigenvalue weighted by atomic mass is 10.1. The van der Waals surface area contributed by atoms with Gasteiger partial charge in [-0.1, -0.05) is 18.6 Å². The van der Waals surface area contributed by atoms with Crippen molar-refractivity contribution in [2.75, 3.05) is 11.9 Å². The number of aromatic nitrogens is 2. The van der Waals surface area contributed by atoms with Crippen molar-refractivity contribution in [3.8, 4) is 0 Å². The highest BCUT2D eigenvalue weighted by Crippen LogP contribution is 2.18. The van der Waals surface area contributed by atoms with E-state index in [1.165, 1.54) is 5.56 Å². The molecule has 0 atom stereocenters. The molecule has 0 aliphatic rings. The Bertz CT molecular complexity index is 506. The van der Waals surface area contributed by atoms with Crippen LogP contribution in [0.5, 0.6) is 0 Å². The number of fused-ring (bicyclic) bond motifs is 1. The van der Waals surface area contributed by atoms with Crippen molar-refractivity contribution in [3.63, 3.8) is 0 Å². The van der Waals surface area contributed by atoms with Crippen LogP contribution in [-0.2, 0) is 0 Å². The lowest BCUT2D eigenvalue weighted by molar-refractivity contribution is 0.952. The Morgan fingerprint density at radius 2 is 2.00 bits per heavy atom. The molecule has 0 saturated carbocycles. The third-order valence-electron chi connectivity index (χ3n) is 2.57. The van der Waals surface area contributed by atoms with Crippen LogP contribution >= 0.6 is 0 Å². The molecule has 2 aromatic rings. The number of nitrogens with one attached hydrogen (secondary N) is 1. The quantitative estimate of drug-likeness (QED) is 0.855. The van der Waals surface area contributed by atoms with Crippen LogP contribution < -0.4 is 5.32 Å². The second-order valence-electron chi connectivity index (χ2n) is 4.08. The average molecular weight is 215 g/mol. The summed E-state index contributed by atoms with van der Waals surface area (Å²) < 4.78 is 0. The number of anilines is 1. The van der Waals surface area contributed by atoms with Crippen LogP contribution in [0, 0.1) is 13.8 Å². The summed E-state index contributed by atoms with van der Waals surface area (Å²) in [4.78, 5) is 8.95. The summed E-state index contributed by atoms with van der Waals surface area (Å²) in [6, 6.07) is 6.27. The van der Waals surface area contributed by atoms with Gasteiger partial charge in [0.1, 0.15) is 0 Å². The van der Waals surface area contributed by atoms with Gasteiger partial charge in [0.05, 0.1) is 11.2 Å². The summed E-state index contributed by atoms with van der Waals surface area (Å²) in [7, 11) is 0.